The minimum Gasteiger partial charge on any atom is -0.390 e. The van der Waals surface area contributed by atoms with Crippen molar-refractivity contribution in [2.45, 2.75) is 19.1 Å². The van der Waals surface area contributed by atoms with E-state index >= 15 is 0 Å². The summed E-state index contributed by atoms with van der Waals surface area (Å²) >= 11 is 0. The summed E-state index contributed by atoms with van der Waals surface area (Å²) in [6.07, 6.45) is 0.188. The van der Waals surface area contributed by atoms with Gasteiger partial charge in [0, 0.05) is 46.8 Å². The van der Waals surface area contributed by atoms with Crippen LogP contribution in [0.5, 0.6) is 0 Å². The Bertz CT molecular complexity index is 592. The van der Waals surface area contributed by atoms with E-state index in [1.54, 1.807) is 14.1 Å². The molecule has 0 saturated carbocycles. The van der Waals surface area contributed by atoms with E-state index in [1.807, 2.05) is 18.2 Å². The number of rotatable bonds is 7. The molecule has 1 aromatic rings. The molecule has 0 aromatic heterocycles. The van der Waals surface area contributed by atoms with Crippen molar-refractivity contribution in [3.8, 4) is 0 Å². The molecule has 1 unspecified atom stereocenters. The van der Waals surface area contributed by atoms with Gasteiger partial charge in [-0.1, -0.05) is 30.3 Å². The van der Waals surface area contributed by atoms with Crippen LogP contribution in [-0.4, -0.2) is 86.3 Å². The summed E-state index contributed by atoms with van der Waals surface area (Å²) in [6.45, 7) is 4.52. The lowest BCUT2D eigenvalue weighted by Gasteiger charge is -2.21. The molecule has 136 valence electrons. The normalized spacial score (nSPS) is 21.1. The molecule has 24 heavy (non-hydrogen) atoms. The van der Waals surface area contributed by atoms with Crippen LogP contribution >= 0.6 is 0 Å². The zero-order valence-corrected chi connectivity index (χ0v) is 15.5. The molecule has 1 heterocycles. The van der Waals surface area contributed by atoms with Crippen LogP contribution in [-0.2, 0) is 16.6 Å². The molecule has 0 radical (unpaired) electrons. The lowest BCUT2D eigenvalue weighted by Crippen LogP contribution is -2.35. The SMILES string of the molecule is CN(C)S(=O)(=O)CCCN1CCN(Cc2ccccc2)CC(O)C1. The molecule has 1 saturated heterocycles. The third-order valence-electron chi connectivity index (χ3n) is 4.35. The fraction of sp³-hybridized carbons (Fsp3) is 0.647. The molecule has 6 nitrogen and oxygen atoms in total. The van der Waals surface area contributed by atoms with E-state index in [0.29, 0.717) is 26.1 Å². The molecule has 1 fully saturated rings. The highest BCUT2D eigenvalue weighted by Crippen LogP contribution is 2.10. The van der Waals surface area contributed by atoms with Gasteiger partial charge in [-0.05, 0) is 18.5 Å². The second kappa shape index (κ2) is 8.92. The first kappa shape index (κ1) is 19.3. The number of nitrogens with zero attached hydrogens (tertiary/aromatic N) is 3. The Hall–Kier alpha value is -0.990. The van der Waals surface area contributed by atoms with Crippen LogP contribution in [0.3, 0.4) is 0 Å². The van der Waals surface area contributed by atoms with Gasteiger partial charge in [0.2, 0.25) is 10.0 Å². The highest BCUT2D eigenvalue weighted by molar-refractivity contribution is 7.89. The van der Waals surface area contributed by atoms with Gasteiger partial charge in [0.1, 0.15) is 0 Å². The van der Waals surface area contributed by atoms with E-state index in [-0.39, 0.29) is 5.75 Å². The minimum absolute atomic E-state index is 0.153. The summed E-state index contributed by atoms with van der Waals surface area (Å²) in [6, 6.07) is 10.3. The van der Waals surface area contributed by atoms with Gasteiger partial charge >= 0.3 is 0 Å². The number of hydrogen-bond acceptors (Lipinski definition) is 5. The average molecular weight is 356 g/mol. The van der Waals surface area contributed by atoms with Gasteiger partial charge in [0.05, 0.1) is 11.9 Å². The van der Waals surface area contributed by atoms with Crippen LogP contribution in [0.2, 0.25) is 0 Å². The van der Waals surface area contributed by atoms with Crippen LogP contribution in [0.4, 0.5) is 0 Å². The first-order valence-corrected chi connectivity index (χ1v) is 10.0. The largest absolute Gasteiger partial charge is 0.390 e. The minimum atomic E-state index is -3.14. The Balaban J connectivity index is 1.81. The highest BCUT2D eigenvalue weighted by atomic mass is 32.2. The molecular formula is C17H29N3O3S. The number of aliphatic hydroxyl groups excluding tert-OH is 1. The molecule has 1 aliphatic heterocycles. The van der Waals surface area contributed by atoms with E-state index in [2.05, 4.69) is 21.9 Å². The molecule has 7 heteroatoms. The second-order valence-corrected chi connectivity index (χ2v) is 8.93. The van der Waals surface area contributed by atoms with Gasteiger partial charge in [-0.15, -0.1) is 0 Å². The summed E-state index contributed by atoms with van der Waals surface area (Å²) < 4.78 is 24.9. The van der Waals surface area contributed by atoms with E-state index in [9.17, 15) is 13.5 Å². The topological polar surface area (TPSA) is 64.1 Å². The Morgan fingerprint density at radius 2 is 1.75 bits per heavy atom. The molecule has 1 N–H and O–H groups in total. The van der Waals surface area contributed by atoms with Crippen molar-refractivity contribution in [3.63, 3.8) is 0 Å². The second-order valence-electron chi connectivity index (χ2n) is 6.63. The summed E-state index contributed by atoms with van der Waals surface area (Å²) in [4.78, 5) is 4.43. The fourth-order valence-electron chi connectivity index (χ4n) is 2.96. The predicted molar refractivity (Wildman–Crippen MR) is 96.3 cm³/mol. The molecule has 2 rings (SSSR count). The third kappa shape index (κ3) is 6.14. The predicted octanol–water partition coefficient (Wildman–Crippen LogP) is 0.447. The number of hydrogen-bond donors (Lipinski definition) is 1. The number of β-amino-alcohol motifs (C(OH)–C–C–N with tert-alkyl or cyclic N) is 1. The Labute approximate surface area is 145 Å². The molecule has 1 atom stereocenters. The first-order valence-electron chi connectivity index (χ1n) is 8.44. The summed E-state index contributed by atoms with van der Waals surface area (Å²) in [5.74, 6) is 0.153. The van der Waals surface area contributed by atoms with Crippen molar-refractivity contribution in [2.75, 3.05) is 52.6 Å². The van der Waals surface area contributed by atoms with Crippen LogP contribution < -0.4 is 0 Å². The lowest BCUT2D eigenvalue weighted by molar-refractivity contribution is 0.108. The number of aliphatic hydroxyl groups is 1. The Kier molecular flexibility index (Phi) is 7.18. The zero-order valence-electron chi connectivity index (χ0n) is 14.6. The van der Waals surface area contributed by atoms with Crippen molar-refractivity contribution in [1.29, 1.82) is 0 Å². The number of sulfonamides is 1. The smallest absolute Gasteiger partial charge is 0.213 e. The summed E-state index contributed by atoms with van der Waals surface area (Å²) in [5, 5.41) is 10.2. The molecule has 1 aromatic carbocycles. The van der Waals surface area contributed by atoms with Crippen molar-refractivity contribution in [1.82, 2.24) is 14.1 Å². The molecule has 0 amide bonds. The Morgan fingerprint density at radius 1 is 1.12 bits per heavy atom. The van der Waals surface area contributed by atoms with Crippen LogP contribution in [0, 0.1) is 0 Å². The molecule has 0 aliphatic carbocycles. The standard InChI is InChI=1S/C17H29N3O3S/c1-18(2)24(22,23)12-6-9-19-10-11-20(15-17(21)14-19)13-16-7-4-3-5-8-16/h3-5,7-8,17,21H,6,9-15H2,1-2H3. The van der Waals surface area contributed by atoms with Gasteiger partial charge < -0.3 is 5.11 Å². The van der Waals surface area contributed by atoms with Crippen molar-refractivity contribution in [3.05, 3.63) is 35.9 Å². The molecule has 1 aliphatic rings. The third-order valence-corrected chi connectivity index (χ3v) is 6.27. The molecule has 0 spiro atoms. The monoisotopic (exact) mass is 355 g/mol. The molecule has 0 bridgehead atoms. The lowest BCUT2D eigenvalue weighted by atomic mass is 10.2. The van der Waals surface area contributed by atoms with Gasteiger partial charge in [-0.25, -0.2) is 12.7 Å². The average Bonchev–Trinajstić information content (AvgIpc) is 2.69. The fourth-order valence-corrected chi connectivity index (χ4v) is 3.82. The van der Waals surface area contributed by atoms with E-state index in [4.69, 9.17) is 0 Å². The van der Waals surface area contributed by atoms with Gasteiger partial charge in [0.15, 0.2) is 0 Å². The van der Waals surface area contributed by atoms with Gasteiger partial charge in [0.25, 0.3) is 0 Å². The van der Waals surface area contributed by atoms with E-state index < -0.39 is 16.1 Å². The van der Waals surface area contributed by atoms with Crippen LogP contribution in [0.1, 0.15) is 12.0 Å². The number of benzene rings is 1. The van der Waals surface area contributed by atoms with Crippen molar-refractivity contribution in [2.24, 2.45) is 0 Å². The molecular weight excluding hydrogens is 326 g/mol. The van der Waals surface area contributed by atoms with Crippen molar-refractivity contribution >= 4 is 10.0 Å². The maximum atomic E-state index is 11.8. The summed E-state index contributed by atoms with van der Waals surface area (Å²) in [5.41, 5.74) is 1.25. The highest BCUT2D eigenvalue weighted by Gasteiger charge is 2.22. The van der Waals surface area contributed by atoms with Gasteiger partial charge in [-0.2, -0.15) is 0 Å². The zero-order chi connectivity index (χ0) is 17.6. The summed E-state index contributed by atoms with van der Waals surface area (Å²) in [7, 11) is -0.0154. The first-order chi connectivity index (χ1) is 11.4. The van der Waals surface area contributed by atoms with Crippen LogP contribution in [0.25, 0.3) is 0 Å². The van der Waals surface area contributed by atoms with E-state index in [1.165, 1.54) is 9.87 Å². The maximum absolute atomic E-state index is 11.8. The van der Waals surface area contributed by atoms with Crippen molar-refractivity contribution < 1.29 is 13.5 Å². The quantitative estimate of drug-likeness (QED) is 0.769. The Morgan fingerprint density at radius 3 is 2.42 bits per heavy atom. The maximum Gasteiger partial charge on any atom is 0.213 e. The van der Waals surface area contributed by atoms with Crippen LogP contribution in [0.15, 0.2) is 30.3 Å². The van der Waals surface area contributed by atoms with Gasteiger partial charge in [-0.3, -0.25) is 9.80 Å². The van der Waals surface area contributed by atoms with E-state index in [0.717, 1.165) is 19.6 Å².